The Morgan fingerprint density at radius 3 is 2.11 bits per heavy atom. The van der Waals surface area contributed by atoms with Gasteiger partial charge in [0.1, 0.15) is 0 Å². The molecule has 0 spiro atoms. The predicted molar refractivity (Wildman–Crippen MR) is 78.5 cm³/mol. The van der Waals surface area contributed by atoms with Gasteiger partial charge in [-0.1, -0.05) is 0 Å². The third kappa shape index (κ3) is 4.92. The number of likely N-dealkylation sites (tertiary alicyclic amines) is 2. The van der Waals surface area contributed by atoms with E-state index in [1.807, 2.05) is 4.90 Å². The molecule has 18 heavy (non-hydrogen) atoms. The first-order valence-electron chi connectivity index (χ1n) is 6.50. The maximum Gasteiger partial charge on any atom is 0.236 e. The molecule has 0 aliphatic carbocycles. The van der Waals surface area contributed by atoms with E-state index in [-0.39, 0.29) is 37.3 Å². The summed E-state index contributed by atoms with van der Waals surface area (Å²) in [5, 5.41) is 0. The van der Waals surface area contributed by atoms with Gasteiger partial charge in [-0.15, -0.1) is 24.8 Å². The first-order valence-corrected chi connectivity index (χ1v) is 6.50. The van der Waals surface area contributed by atoms with Crippen molar-refractivity contribution in [2.45, 2.75) is 25.7 Å². The van der Waals surface area contributed by atoms with Crippen LogP contribution in [0.3, 0.4) is 0 Å². The van der Waals surface area contributed by atoms with Gasteiger partial charge in [-0.05, 0) is 44.7 Å². The maximum atomic E-state index is 11.4. The standard InChI is InChI=1S/C12H23N3O.2ClH/c13-9-12(16)15-7-3-11(4-8-15)10-14-5-1-2-6-14;;/h11H,1-10,13H2;2*1H. The first-order chi connectivity index (χ1) is 7.79. The summed E-state index contributed by atoms with van der Waals surface area (Å²) >= 11 is 0. The number of hydrogen-bond acceptors (Lipinski definition) is 3. The Hall–Kier alpha value is -0.0300. The van der Waals surface area contributed by atoms with E-state index in [1.54, 1.807) is 0 Å². The van der Waals surface area contributed by atoms with Crippen LogP contribution in [-0.4, -0.2) is 55.0 Å². The molecule has 108 valence electrons. The molecule has 0 bridgehead atoms. The summed E-state index contributed by atoms with van der Waals surface area (Å²) in [5.74, 6) is 0.902. The van der Waals surface area contributed by atoms with Gasteiger partial charge in [-0.3, -0.25) is 4.79 Å². The van der Waals surface area contributed by atoms with E-state index in [9.17, 15) is 4.79 Å². The summed E-state index contributed by atoms with van der Waals surface area (Å²) in [4.78, 5) is 15.9. The van der Waals surface area contributed by atoms with E-state index in [2.05, 4.69) is 4.90 Å². The van der Waals surface area contributed by atoms with Crippen molar-refractivity contribution in [2.75, 3.05) is 39.3 Å². The maximum absolute atomic E-state index is 11.4. The average Bonchev–Trinajstić information content (AvgIpc) is 2.82. The van der Waals surface area contributed by atoms with E-state index >= 15 is 0 Å². The normalized spacial score (nSPS) is 21.3. The van der Waals surface area contributed by atoms with Gasteiger partial charge in [-0.25, -0.2) is 0 Å². The van der Waals surface area contributed by atoms with E-state index in [1.165, 1.54) is 32.5 Å². The van der Waals surface area contributed by atoms with Crippen LogP contribution in [0.5, 0.6) is 0 Å². The minimum absolute atomic E-state index is 0. The minimum atomic E-state index is 0. The quantitative estimate of drug-likeness (QED) is 0.849. The summed E-state index contributed by atoms with van der Waals surface area (Å²) in [6.45, 7) is 5.79. The summed E-state index contributed by atoms with van der Waals surface area (Å²) in [5.41, 5.74) is 5.37. The van der Waals surface area contributed by atoms with E-state index in [4.69, 9.17) is 5.73 Å². The number of carbonyl (C=O) groups excluding carboxylic acids is 1. The molecule has 0 radical (unpaired) electrons. The molecule has 1 amide bonds. The van der Waals surface area contributed by atoms with Crippen molar-refractivity contribution in [2.24, 2.45) is 11.7 Å². The molecule has 2 rings (SSSR count). The van der Waals surface area contributed by atoms with Crippen LogP contribution < -0.4 is 5.73 Å². The summed E-state index contributed by atoms with van der Waals surface area (Å²) in [6.07, 6.45) is 5.04. The molecular formula is C12H25Cl2N3O. The van der Waals surface area contributed by atoms with Crippen molar-refractivity contribution in [3.63, 3.8) is 0 Å². The number of rotatable bonds is 3. The third-order valence-corrected chi connectivity index (χ3v) is 3.86. The van der Waals surface area contributed by atoms with Gasteiger partial charge in [0.2, 0.25) is 5.91 Å². The molecule has 2 fully saturated rings. The molecular weight excluding hydrogens is 273 g/mol. The molecule has 0 aromatic rings. The lowest BCUT2D eigenvalue weighted by molar-refractivity contribution is -0.131. The molecule has 0 saturated carbocycles. The number of nitrogens with two attached hydrogens (primary N) is 1. The van der Waals surface area contributed by atoms with Gasteiger partial charge in [0.15, 0.2) is 0 Å². The number of carbonyl (C=O) groups is 1. The Bertz CT molecular complexity index is 239. The highest BCUT2D eigenvalue weighted by molar-refractivity contribution is 5.85. The second-order valence-corrected chi connectivity index (χ2v) is 5.04. The van der Waals surface area contributed by atoms with Crippen LogP contribution in [-0.2, 0) is 4.79 Å². The zero-order valence-electron chi connectivity index (χ0n) is 10.8. The van der Waals surface area contributed by atoms with Crippen molar-refractivity contribution >= 4 is 30.7 Å². The van der Waals surface area contributed by atoms with E-state index in [0.29, 0.717) is 0 Å². The largest absolute Gasteiger partial charge is 0.342 e. The molecule has 6 heteroatoms. The second-order valence-electron chi connectivity index (χ2n) is 5.04. The molecule has 0 atom stereocenters. The van der Waals surface area contributed by atoms with Crippen LogP contribution >= 0.6 is 24.8 Å². The van der Waals surface area contributed by atoms with Gasteiger partial charge in [0, 0.05) is 19.6 Å². The highest BCUT2D eigenvalue weighted by Gasteiger charge is 2.24. The first kappa shape index (κ1) is 18.0. The van der Waals surface area contributed by atoms with E-state index in [0.717, 1.165) is 31.8 Å². The highest BCUT2D eigenvalue weighted by atomic mass is 35.5. The number of amides is 1. The van der Waals surface area contributed by atoms with Crippen LogP contribution in [0, 0.1) is 5.92 Å². The van der Waals surface area contributed by atoms with Crippen LogP contribution in [0.25, 0.3) is 0 Å². The fraction of sp³-hybridized carbons (Fsp3) is 0.917. The van der Waals surface area contributed by atoms with Crippen molar-refractivity contribution in [3.8, 4) is 0 Å². The number of nitrogens with zero attached hydrogens (tertiary/aromatic N) is 2. The van der Waals surface area contributed by atoms with Crippen LogP contribution in [0.1, 0.15) is 25.7 Å². The summed E-state index contributed by atoms with van der Waals surface area (Å²) < 4.78 is 0. The summed E-state index contributed by atoms with van der Waals surface area (Å²) in [6, 6.07) is 0. The summed E-state index contributed by atoms with van der Waals surface area (Å²) in [7, 11) is 0. The van der Waals surface area contributed by atoms with Gasteiger partial charge < -0.3 is 15.5 Å². The van der Waals surface area contributed by atoms with Crippen molar-refractivity contribution < 1.29 is 4.79 Å². The minimum Gasteiger partial charge on any atom is -0.342 e. The third-order valence-electron chi connectivity index (χ3n) is 3.86. The fourth-order valence-electron chi connectivity index (χ4n) is 2.82. The molecule has 2 aliphatic rings. The van der Waals surface area contributed by atoms with Crippen molar-refractivity contribution in [1.29, 1.82) is 0 Å². The molecule has 0 aromatic heterocycles. The molecule has 2 aliphatic heterocycles. The monoisotopic (exact) mass is 297 g/mol. The zero-order chi connectivity index (χ0) is 11.4. The van der Waals surface area contributed by atoms with Crippen LogP contribution in [0.4, 0.5) is 0 Å². The highest BCUT2D eigenvalue weighted by Crippen LogP contribution is 2.20. The second kappa shape index (κ2) is 8.97. The van der Waals surface area contributed by atoms with Crippen LogP contribution in [0.15, 0.2) is 0 Å². The van der Waals surface area contributed by atoms with Gasteiger partial charge in [0.05, 0.1) is 6.54 Å². The molecule has 4 nitrogen and oxygen atoms in total. The molecule has 2 N–H and O–H groups in total. The topological polar surface area (TPSA) is 49.6 Å². The molecule has 0 aromatic carbocycles. The predicted octanol–water partition coefficient (Wildman–Crippen LogP) is 1.12. The van der Waals surface area contributed by atoms with Gasteiger partial charge in [0.25, 0.3) is 0 Å². The molecule has 2 saturated heterocycles. The Morgan fingerprint density at radius 1 is 1.06 bits per heavy atom. The van der Waals surface area contributed by atoms with Crippen molar-refractivity contribution in [3.05, 3.63) is 0 Å². The number of hydrogen-bond donors (Lipinski definition) is 1. The lowest BCUT2D eigenvalue weighted by atomic mass is 9.96. The molecule has 0 unspecified atom stereocenters. The molecule has 2 heterocycles. The number of halogens is 2. The van der Waals surface area contributed by atoms with Gasteiger partial charge >= 0.3 is 0 Å². The average molecular weight is 298 g/mol. The zero-order valence-corrected chi connectivity index (χ0v) is 12.5. The lowest BCUT2D eigenvalue weighted by Gasteiger charge is -2.33. The Kier molecular flexibility index (Phi) is 8.95. The number of piperidine rings is 1. The van der Waals surface area contributed by atoms with Crippen LogP contribution in [0.2, 0.25) is 0 Å². The SMILES string of the molecule is Cl.Cl.NCC(=O)N1CCC(CN2CCCC2)CC1. The Morgan fingerprint density at radius 2 is 1.61 bits per heavy atom. The van der Waals surface area contributed by atoms with Crippen molar-refractivity contribution in [1.82, 2.24) is 9.80 Å². The van der Waals surface area contributed by atoms with Gasteiger partial charge in [-0.2, -0.15) is 0 Å². The Labute approximate surface area is 122 Å². The van der Waals surface area contributed by atoms with E-state index < -0.39 is 0 Å². The lowest BCUT2D eigenvalue weighted by Crippen LogP contribution is -2.43. The fourth-order valence-corrected chi connectivity index (χ4v) is 2.82. The smallest absolute Gasteiger partial charge is 0.236 e. The Balaban J connectivity index is 0.00000144.